The molecule has 0 saturated heterocycles. The normalized spacial score (nSPS) is 15.1. The van der Waals surface area contributed by atoms with Gasteiger partial charge in [0.15, 0.2) is 0 Å². The SMILES string of the molecule is O=S(=O)(NCCc1cccc(F)c1)c1cccc(S(=O)(=O)NC2CC2)c1. The Hall–Kier alpha value is -1.81. The lowest BCUT2D eigenvalue weighted by molar-refractivity contribution is 0.579. The van der Waals surface area contributed by atoms with Gasteiger partial charge in [-0.15, -0.1) is 0 Å². The van der Waals surface area contributed by atoms with E-state index in [1.54, 1.807) is 12.1 Å². The minimum absolute atomic E-state index is 0.0651. The first-order valence-corrected chi connectivity index (χ1v) is 11.1. The molecule has 0 amide bonds. The van der Waals surface area contributed by atoms with Crippen molar-refractivity contribution in [2.45, 2.75) is 35.1 Å². The van der Waals surface area contributed by atoms with Crippen LogP contribution in [0.25, 0.3) is 0 Å². The number of benzene rings is 2. The van der Waals surface area contributed by atoms with Gasteiger partial charge in [-0.25, -0.2) is 30.7 Å². The zero-order valence-corrected chi connectivity index (χ0v) is 15.5. The molecule has 26 heavy (non-hydrogen) atoms. The van der Waals surface area contributed by atoms with Crippen molar-refractivity contribution in [3.63, 3.8) is 0 Å². The van der Waals surface area contributed by atoms with Crippen LogP contribution in [0, 0.1) is 5.82 Å². The smallest absolute Gasteiger partial charge is 0.211 e. The Morgan fingerprint density at radius 1 is 0.923 bits per heavy atom. The van der Waals surface area contributed by atoms with Crippen LogP contribution in [0.15, 0.2) is 58.3 Å². The van der Waals surface area contributed by atoms with E-state index in [1.807, 2.05) is 0 Å². The number of nitrogens with one attached hydrogen (secondary N) is 2. The van der Waals surface area contributed by atoms with Crippen molar-refractivity contribution in [3.8, 4) is 0 Å². The summed E-state index contributed by atoms with van der Waals surface area (Å²) in [6.45, 7) is 0.0725. The van der Waals surface area contributed by atoms with E-state index in [-0.39, 0.29) is 28.2 Å². The number of halogens is 1. The second-order valence-corrected chi connectivity index (χ2v) is 9.63. The van der Waals surface area contributed by atoms with Crippen LogP contribution in [0.4, 0.5) is 4.39 Å². The summed E-state index contributed by atoms with van der Waals surface area (Å²) in [6.07, 6.45) is 1.90. The third kappa shape index (κ3) is 4.88. The fraction of sp³-hybridized carbons (Fsp3) is 0.294. The summed E-state index contributed by atoms with van der Waals surface area (Å²) < 4.78 is 67.3. The van der Waals surface area contributed by atoms with Gasteiger partial charge in [-0.2, -0.15) is 0 Å². The van der Waals surface area contributed by atoms with Crippen molar-refractivity contribution in [2.75, 3.05) is 6.54 Å². The van der Waals surface area contributed by atoms with Gasteiger partial charge in [0.2, 0.25) is 20.0 Å². The minimum Gasteiger partial charge on any atom is -0.211 e. The van der Waals surface area contributed by atoms with Gasteiger partial charge < -0.3 is 0 Å². The molecule has 0 heterocycles. The topological polar surface area (TPSA) is 92.3 Å². The first kappa shape index (κ1) is 19.0. The second-order valence-electron chi connectivity index (χ2n) is 6.15. The summed E-state index contributed by atoms with van der Waals surface area (Å²) in [5, 5.41) is 0. The third-order valence-corrected chi connectivity index (χ3v) is 6.90. The standard InChI is InChI=1S/C17H19FN2O4S2/c18-14-4-1-3-13(11-14)9-10-19-25(21,22)16-5-2-6-17(12-16)26(23,24)20-15-7-8-15/h1-6,11-12,15,19-20H,7-10H2. The van der Waals surface area contributed by atoms with Crippen molar-refractivity contribution in [2.24, 2.45) is 0 Å². The van der Waals surface area contributed by atoms with Crippen LogP contribution >= 0.6 is 0 Å². The maximum Gasteiger partial charge on any atom is 0.240 e. The van der Waals surface area contributed by atoms with Crippen LogP contribution in [-0.4, -0.2) is 29.4 Å². The molecule has 1 aliphatic rings. The highest BCUT2D eigenvalue weighted by atomic mass is 32.2. The molecule has 0 bridgehead atoms. The van der Waals surface area contributed by atoms with E-state index in [0.29, 0.717) is 12.0 Å². The second kappa shape index (κ2) is 7.43. The van der Waals surface area contributed by atoms with Crippen LogP contribution in [0.1, 0.15) is 18.4 Å². The molecule has 6 nitrogen and oxygen atoms in total. The van der Waals surface area contributed by atoms with Crippen molar-refractivity contribution in [1.29, 1.82) is 0 Å². The van der Waals surface area contributed by atoms with Crippen molar-refractivity contribution < 1.29 is 21.2 Å². The molecule has 0 aromatic heterocycles. The van der Waals surface area contributed by atoms with Crippen LogP contribution in [-0.2, 0) is 26.5 Å². The largest absolute Gasteiger partial charge is 0.240 e. The molecule has 0 aliphatic heterocycles. The Kier molecular flexibility index (Phi) is 5.42. The molecule has 0 atom stereocenters. The number of hydrogen-bond acceptors (Lipinski definition) is 4. The lowest BCUT2D eigenvalue weighted by Gasteiger charge is -2.10. The summed E-state index contributed by atoms with van der Waals surface area (Å²) in [5.74, 6) is -0.383. The Morgan fingerprint density at radius 3 is 2.23 bits per heavy atom. The zero-order chi connectivity index (χ0) is 18.8. The molecule has 9 heteroatoms. The molecule has 1 saturated carbocycles. The van der Waals surface area contributed by atoms with Crippen LogP contribution in [0.2, 0.25) is 0 Å². The lowest BCUT2D eigenvalue weighted by Crippen LogP contribution is -2.28. The van der Waals surface area contributed by atoms with E-state index in [1.165, 1.54) is 30.3 Å². The third-order valence-electron chi connectivity index (χ3n) is 3.92. The highest BCUT2D eigenvalue weighted by molar-refractivity contribution is 7.90. The van der Waals surface area contributed by atoms with E-state index in [2.05, 4.69) is 9.44 Å². The van der Waals surface area contributed by atoms with Crippen molar-refractivity contribution >= 4 is 20.0 Å². The summed E-state index contributed by atoms with van der Waals surface area (Å²) in [7, 11) is -7.60. The summed E-state index contributed by atoms with van der Waals surface area (Å²) >= 11 is 0. The highest BCUT2D eigenvalue weighted by Gasteiger charge is 2.28. The monoisotopic (exact) mass is 398 g/mol. The number of sulfonamides is 2. The van der Waals surface area contributed by atoms with Gasteiger partial charge in [0.1, 0.15) is 5.82 Å². The van der Waals surface area contributed by atoms with Gasteiger partial charge >= 0.3 is 0 Å². The van der Waals surface area contributed by atoms with Gasteiger partial charge in [-0.05, 0) is 55.2 Å². The fourth-order valence-electron chi connectivity index (χ4n) is 2.40. The van der Waals surface area contributed by atoms with Gasteiger partial charge in [0.05, 0.1) is 9.79 Å². The van der Waals surface area contributed by atoms with E-state index in [9.17, 15) is 21.2 Å². The Labute approximate surface area is 152 Å². The molecule has 0 radical (unpaired) electrons. The first-order valence-electron chi connectivity index (χ1n) is 8.13. The van der Waals surface area contributed by atoms with E-state index < -0.39 is 20.0 Å². The first-order chi connectivity index (χ1) is 12.3. The maximum absolute atomic E-state index is 13.1. The molecular formula is C17H19FN2O4S2. The Bertz CT molecular complexity index is 1000. The zero-order valence-electron chi connectivity index (χ0n) is 13.9. The molecule has 0 spiro atoms. The van der Waals surface area contributed by atoms with Crippen molar-refractivity contribution in [1.82, 2.24) is 9.44 Å². The summed E-state index contributed by atoms with van der Waals surface area (Å²) in [4.78, 5) is -0.215. The molecule has 140 valence electrons. The molecule has 1 aliphatic carbocycles. The van der Waals surface area contributed by atoms with E-state index in [4.69, 9.17) is 0 Å². The van der Waals surface area contributed by atoms with Gasteiger partial charge in [0, 0.05) is 12.6 Å². The van der Waals surface area contributed by atoms with Crippen molar-refractivity contribution in [3.05, 3.63) is 59.9 Å². The molecule has 2 aromatic rings. The summed E-state index contributed by atoms with van der Waals surface area (Å²) in [5.41, 5.74) is 0.665. The predicted octanol–water partition coefficient (Wildman–Crippen LogP) is 1.79. The molecule has 1 fully saturated rings. The molecule has 0 unspecified atom stereocenters. The van der Waals surface area contributed by atoms with Gasteiger partial charge in [0.25, 0.3) is 0 Å². The molecule has 2 aromatic carbocycles. The quantitative estimate of drug-likeness (QED) is 0.709. The van der Waals surface area contributed by atoms with E-state index in [0.717, 1.165) is 18.9 Å². The average Bonchev–Trinajstić information content (AvgIpc) is 3.38. The summed E-state index contributed by atoms with van der Waals surface area (Å²) in [6, 6.07) is 11.1. The Balaban J connectivity index is 1.69. The lowest BCUT2D eigenvalue weighted by atomic mass is 10.1. The number of hydrogen-bond donors (Lipinski definition) is 2. The predicted molar refractivity (Wildman–Crippen MR) is 95.1 cm³/mol. The fourth-order valence-corrected chi connectivity index (χ4v) is 4.91. The average molecular weight is 398 g/mol. The van der Waals surface area contributed by atoms with E-state index >= 15 is 0 Å². The van der Waals surface area contributed by atoms with Gasteiger partial charge in [-0.3, -0.25) is 0 Å². The number of rotatable bonds is 8. The molecular weight excluding hydrogens is 379 g/mol. The molecule has 3 rings (SSSR count). The molecule has 2 N–H and O–H groups in total. The van der Waals surface area contributed by atoms with Crippen LogP contribution < -0.4 is 9.44 Å². The van der Waals surface area contributed by atoms with Crippen LogP contribution in [0.3, 0.4) is 0 Å². The maximum atomic E-state index is 13.1. The highest BCUT2D eigenvalue weighted by Crippen LogP contribution is 2.23. The van der Waals surface area contributed by atoms with Gasteiger partial charge in [-0.1, -0.05) is 18.2 Å². The van der Waals surface area contributed by atoms with Crippen LogP contribution in [0.5, 0.6) is 0 Å². The Morgan fingerprint density at radius 2 is 1.58 bits per heavy atom. The minimum atomic E-state index is -3.87.